The van der Waals surface area contributed by atoms with Crippen molar-refractivity contribution in [3.05, 3.63) is 34.3 Å². The minimum Gasteiger partial charge on any atom is -0.370 e. The minimum atomic E-state index is 0.218. The van der Waals surface area contributed by atoms with E-state index in [4.69, 9.17) is 5.73 Å². The third-order valence-electron chi connectivity index (χ3n) is 4.77. The van der Waals surface area contributed by atoms with Crippen molar-refractivity contribution in [3.8, 4) is 0 Å². The summed E-state index contributed by atoms with van der Waals surface area (Å²) in [6.45, 7) is 0.817. The van der Waals surface area contributed by atoms with Crippen LogP contribution in [0.15, 0.2) is 33.7 Å². The van der Waals surface area contributed by atoms with E-state index < -0.39 is 0 Å². The zero-order valence-corrected chi connectivity index (χ0v) is 13.6. The number of halogens is 1. The van der Waals surface area contributed by atoms with Gasteiger partial charge in [-0.1, -0.05) is 34.5 Å². The number of guanidine groups is 1. The number of nitrogens with two attached hydrogens (primary N) is 1. The molecule has 2 N–H and O–H groups in total. The molecule has 0 aromatic heterocycles. The van der Waals surface area contributed by atoms with Crippen LogP contribution in [0.3, 0.4) is 0 Å². The smallest absolute Gasteiger partial charge is 0.191 e. The first-order valence-electron chi connectivity index (χ1n) is 7.40. The molecule has 0 unspecified atom stereocenters. The summed E-state index contributed by atoms with van der Waals surface area (Å²) in [7, 11) is 2.06. The summed E-state index contributed by atoms with van der Waals surface area (Å²) in [4.78, 5) is 6.82. The average molecular weight is 336 g/mol. The van der Waals surface area contributed by atoms with E-state index >= 15 is 0 Å². The van der Waals surface area contributed by atoms with Crippen LogP contribution in [-0.2, 0) is 5.41 Å². The Morgan fingerprint density at radius 3 is 2.50 bits per heavy atom. The maximum Gasteiger partial charge on any atom is 0.191 e. The molecule has 2 aliphatic carbocycles. The Kier molecular flexibility index (Phi) is 3.76. The van der Waals surface area contributed by atoms with Crippen LogP contribution in [0.4, 0.5) is 0 Å². The van der Waals surface area contributed by atoms with Crippen molar-refractivity contribution >= 4 is 21.9 Å². The summed E-state index contributed by atoms with van der Waals surface area (Å²) < 4.78 is 1.13. The fraction of sp³-hybridized carbons (Fsp3) is 0.562. The summed E-state index contributed by atoms with van der Waals surface area (Å²) in [6.07, 6.45) is 6.25. The van der Waals surface area contributed by atoms with Crippen molar-refractivity contribution in [2.75, 3.05) is 13.6 Å². The largest absolute Gasteiger partial charge is 0.370 e. The highest BCUT2D eigenvalue weighted by atomic mass is 79.9. The standard InChI is InChI=1S/C16H22BrN3/c1-20(14-7-8-14)15(18)19-11-16(9-2-10-16)12-3-5-13(17)6-4-12/h3-6,14H,2,7-11H2,1H3,(H2,18,19). The summed E-state index contributed by atoms with van der Waals surface area (Å²) in [5.41, 5.74) is 7.73. The highest BCUT2D eigenvalue weighted by Gasteiger charge is 2.38. The second kappa shape index (κ2) is 5.40. The first-order valence-corrected chi connectivity index (χ1v) is 8.19. The predicted octanol–water partition coefficient (Wildman–Crippen LogP) is 3.28. The number of rotatable bonds is 4. The molecule has 0 heterocycles. The van der Waals surface area contributed by atoms with E-state index in [1.54, 1.807) is 0 Å². The molecule has 0 saturated heterocycles. The lowest BCUT2D eigenvalue weighted by molar-refractivity contribution is 0.252. The van der Waals surface area contributed by atoms with Crippen LogP contribution < -0.4 is 5.73 Å². The van der Waals surface area contributed by atoms with E-state index in [-0.39, 0.29) is 5.41 Å². The third kappa shape index (κ3) is 2.71. The van der Waals surface area contributed by atoms with Gasteiger partial charge in [-0.2, -0.15) is 0 Å². The first-order chi connectivity index (χ1) is 9.61. The van der Waals surface area contributed by atoms with E-state index in [0.29, 0.717) is 12.0 Å². The van der Waals surface area contributed by atoms with Gasteiger partial charge in [0.25, 0.3) is 0 Å². The molecule has 2 aliphatic rings. The summed E-state index contributed by atoms with van der Waals surface area (Å²) in [5, 5.41) is 0. The Hall–Kier alpha value is -1.03. The van der Waals surface area contributed by atoms with Gasteiger partial charge in [0.05, 0.1) is 6.54 Å². The zero-order chi connectivity index (χ0) is 14.2. The number of benzene rings is 1. The molecule has 4 heteroatoms. The maximum absolute atomic E-state index is 6.11. The molecule has 2 fully saturated rings. The fourth-order valence-electron chi connectivity index (χ4n) is 2.94. The summed E-state index contributed by atoms with van der Waals surface area (Å²) >= 11 is 3.50. The summed E-state index contributed by atoms with van der Waals surface area (Å²) in [6, 6.07) is 9.32. The molecular weight excluding hydrogens is 314 g/mol. The minimum absolute atomic E-state index is 0.218. The van der Waals surface area contributed by atoms with Gasteiger partial charge < -0.3 is 10.6 Å². The van der Waals surface area contributed by atoms with Crippen LogP contribution in [0.25, 0.3) is 0 Å². The molecule has 0 radical (unpaired) electrons. The molecule has 3 nitrogen and oxygen atoms in total. The number of hydrogen-bond acceptors (Lipinski definition) is 1. The average Bonchev–Trinajstić information content (AvgIpc) is 3.22. The van der Waals surface area contributed by atoms with E-state index in [0.717, 1.165) is 11.0 Å². The molecule has 0 spiro atoms. The predicted molar refractivity (Wildman–Crippen MR) is 86.9 cm³/mol. The fourth-order valence-corrected chi connectivity index (χ4v) is 3.20. The molecule has 108 valence electrons. The maximum atomic E-state index is 6.11. The van der Waals surface area contributed by atoms with Crippen molar-refractivity contribution < 1.29 is 0 Å². The molecule has 3 rings (SSSR count). The molecule has 0 amide bonds. The topological polar surface area (TPSA) is 41.6 Å². The lowest BCUT2D eigenvalue weighted by Crippen LogP contribution is -2.41. The van der Waals surface area contributed by atoms with Crippen LogP contribution in [0.1, 0.15) is 37.7 Å². The zero-order valence-electron chi connectivity index (χ0n) is 12.0. The van der Waals surface area contributed by atoms with Gasteiger partial charge >= 0.3 is 0 Å². The second-order valence-electron chi connectivity index (χ2n) is 6.16. The van der Waals surface area contributed by atoms with Crippen molar-refractivity contribution in [3.63, 3.8) is 0 Å². The third-order valence-corrected chi connectivity index (χ3v) is 5.30. The van der Waals surface area contributed by atoms with E-state index in [1.807, 2.05) is 0 Å². The van der Waals surface area contributed by atoms with Gasteiger partial charge in [-0.05, 0) is 43.4 Å². The molecule has 0 atom stereocenters. The van der Waals surface area contributed by atoms with Crippen LogP contribution >= 0.6 is 15.9 Å². The van der Waals surface area contributed by atoms with Gasteiger partial charge in [-0.3, -0.25) is 4.99 Å². The van der Waals surface area contributed by atoms with Gasteiger partial charge in [0.15, 0.2) is 5.96 Å². The van der Waals surface area contributed by atoms with Crippen molar-refractivity contribution in [1.29, 1.82) is 0 Å². The van der Waals surface area contributed by atoms with Crippen LogP contribution in [0, 0.1) is 0 Å². The lowest BCUT2D eigenvalue weighted by atomic mass is 9.64. The number of hydrogen-bond donors (Lipinski definition) is 1. The first kappa shape index (κ1) is 13.9. The SMILES string of the molecule is CN(C(N)=NCC1(c2ccc(Br)cc2)CCC1)C1CC1. The van der Waals surface area contributed by atoms with E-state index in [2.05, 4.69) is 57.1 Å². The molecule has 2 saturated carbocycles. The van der Waals surface area contributed by atoms with Gasteiger partial charge in [-0.15, -0.1) is 0 Å². The summed E-state index contributed by atoms with van der Waals surface area (Å²) in [5.74, 6) is 0.705. The van der Waals surface area contributed by atoms with Crippen LogP contribution in [-0.4, -0.2) is 30.5 Å². The molecule has 1 aromatic carbocycles. The normalized spacial score (nSPS) is 21.4. The quantitative estimate of drug-likeness (QED) is 0.677. The van der Waals surface area contributed by atoms with Crippen molar-refractivity contribution in [1.82, 2.24) is 4.90 Å². The monoisotopic (exact) mass is 335 g/mol. The molecule has 0 bridgehead atoms. The van der Waals surface area contributed by atoms with E-state index in [9.17, 15) is 0 Å². The van der Waals surface area contributed by atoms with Crippen LogP contribution in [0.5, 0.6) is 0 Å². The van der Waals surface area contributed by atoms with Gasteiger partial charge in [-0.25, -0.2) is 0 Å². The Labute approximate surface area is 129 Å². The highest BCUT2D eigenvalue weighted by Crippen LogP contribution is 2.44. The second-order valence-corrected chi connectivity index (χ2v) is 7.07. The van der Waals surface area contributed by atoms with Gasteiger partial charge in [0.2, 0.25) is 0 Å². The number of aliphatic imine (C=N–C) groups is 1. The van der Waals surface area contributed by atoms with Crippen LogP contribution in [0.2, 0.25) is 0 Å². The Bertz CT molecular complexity index is 501. The molecule has 0 aliphatic heterocycles. The van der Waals surface area contributed by atoms with E-state index in [1.165, 1.54) is 37.7 Å². The molecular formula is C16H22BrN3. The Balaban J connectivity index is 1.72. The van der Waals surface area contributed by atoms with Gasteiger partial charge in [0, 0.05) is 23.0 Å². The highest BCUT2D eigenvalue weighted by molar-refractivity contribution is 9.10. The number of nitrogens with zero attached hydrogens (tertiary/aromatic N) is 2. The van der Waals surface area contributed by atoms with Gasteiger partial charge in [0.1, 0.15) is 0 Å². The van der Waals surface area contributed by atoms with Crippen molar-refractivity contribution in [2.24, 2.45) is 10.7 Å². The Morgan fingerprint density at radius 1 is 1.35 bits per heavy atom. The Morgan fingerprint density at radius 2 is 2.00 bits per heavy atom. The van der Waals surface area contributed by atoms with Crippen molar-refractivity contribution in [2.45, 2.75) is 43.6 Å². The molecule has 20 heavy (non-hydrogen) atoms. The molecule has 1 aromatic rings. The lowest BCUT2D eigenvalue weighted by Gasteiger charge is -2.41.